The number of carbonyl (C=O) groups excluding carboxylic acids is 2. The van der Waals surface area contributed by atoms with Crippen LogP contribution in [0.25, 0.3) is 0 Å². The predicted molar refractivity (Wildman–Crippen MR) is 104 cm³/mol. The Labute approximate surface area is 158 Å². The Morgan fingerprint density at radius 1 is 0.852 bits per heavy atom. The van der Waals surface area contributed by atoms with Crippen molar-refractivity contribution in [1.29, 1.82) is 0 Å². The highest BCUT2D eigenvalue weighted by Gasteiger charge is 2.52. The molecule has 1 saturated heterocycles. The molecule has 27 heavy (non-hydrogen) atoms. The first-order chi connectivity index (χ1) is 13.2. The second-order valence-electron chi connectivity index (χ2n) is 6.47. The quantitative estimate of drug-likeness (QED) is 0.511. The smallest absolute Gasteiger partial charge is 0.237 e. The minimum Gasteiger partial charge on any atom is -0.497 e. The summed E-state index contributed by atoms with van der Waals surface area (Å²) in [6.45, 7) is 0. The number of anilines is 1. The van der Waals surface area contributed by atoms with Gasteiger partial charge in [-0.05, 0) is 29.8 Å². The number of Topliss-reactive ketones (excluding diaryl/α,β-unsaturated/α-hetero) is 1. The van der Waals surface area contributed by atoms with Gasteiger partial charge in [-0.15, -0.1) is 0 Å². The number of carbonyl (C=O) groups is 2. The van der Waals surface area contributed by atoms with Gasteiger partial charge in [0.05, 0.1) is 13.0 Å². The number of amides is 1. The predicted octanol–water partition coefficient (Wildman–Crippen LogP) is 4.08. The fourth-order valence-electron chi connectivity index (χ4n) is 3.55. The first-order valence-electron chi connectivity index (χ1n) is 8.82. The van der Waals surface area contributed by atoms with Gasteiger partial charge in [0.25, 0.3) is 0 Å². The molecular weight excluding hydrogens is 338 g/mol. The standard InChI is InChI=1S/C23H19NO3/c1-27-19-14-12-18(13-15-19)24-21(22(25)17-10-6-3-7-11-17)20(23(24)26)16-8-4-2-5-9-16/h2-15,20-21H,1H3/t20-,21-/m1/s1. The van der Waals surface area contributed by atoms with E-state index in [2.05, 4.69) is 0 Å². The van der Waals surface area contributed by atoms with Crippen LogP contribution in [0.4, 0.5) is 5.69 Å². The Bertz CT molecular complexity index is 952. The number of hydrogen-bond donors (Lipinski definition) is 0. The van der Waals surface area contributed by atoms with E-state index in [1.54, 1.807) is 36.3 Å². The highest BCUT2D eigenvalue weighted by Crippen LogP contribution is 2.41. The summed E-state index contributed by atoms with van der Waals surface area (Å²) in [5, 5.41) is 0. The van der Waals surface area contributed by atoms with E-state index in [-0.39, 0.29) is 11.7 Å². The van der Waals surface area contributed by atoms with E-state index in [0.717, 1.165) is 5.56 Å². The van der Waals surface area contributed by atoms with Crippen LogP contribution in [-0.4, -0.2) is 24.8 Å². The summed E-state index contributed by atoms with van der Waals surface area (Å²) in [6, 6.07) is 25.3. The molecule has 1 amide bonds. The zero-order chi connectivity index (χ0) is 18.8. The van der Waals surface area contributed by atoms with Crippen molar-refractivity contribution in [2.45, 2.75) is 12.0 Å². The largest absolute Gasteiger partial charge is 0.497 e. The molecule has 0 bridgehead atoms. The van der Waals surface area contributed by atoms with Gasteiger partial charge in [-0.3, -0.25) is 14.5 Å². The first kappa shape index (κ1) is 17.0. The lowest BCUT2D eigenvalue weighted by Gasteiger charge is -2.46. The Balaban J connectivity index is 1.73. The molecule has 0 N–H and O–H groups in total. The molecule has 0 aromatic heterocycles. The van der Waals surface area contributed by atoms with Gasteiger partial charge in [0, 0.05) is 11.3 Å². The van der Waals surface area contributed by atoms with E-state index in [0.29, 0.717) is 17.0 Å². The number of ketones is 1. The molecule has 1 aliphatic heterocycles. The summed E-state index contributed by atoms with van der Waals surface area (Å²) in [5.41, 5.74) is 2.17. The van der Waals surface area contributed by atoms with E-state index in [9.17, 15) is 9.59 Å². The molecule has 4 rings (SSSR count). The number of methoxy groups -OCH3 is 1. The number of benzene rings is 3. The fourth-order valence-corrected chi connectivity index (χ4v) is 3.55. The number of β-lactam (4-membered cyclic amide) rings is 1. The summed E-state index contributed by atoms with van der Waals surface area (Å²) < 4.78 is 5.19. The van der Waals surface area contributed by atoms with Crippen LogP contribution in [-0.2, 0) is 4.79 Å². The van der Waals surface area contributed by atoms with E-state index in [1.807, 2.05) is 60.7 Å². The maximum atomic E-state index is 13.2. The van der Waals surface area contributed by atoms with E-state index < -0.39 is 12.0 Å². The molecule has 3 aromatic carbocycles. The molecule has 134 valence electrons. The zero-order valence-electron chi connectivity index (χ0n) is 14.9. The molecule has 4 nitrogen and oxygen atoms in total. The lowest BCUT2D eigenvalue weighted by Crippen LogP contribution is -2.63. The summed E-state index contributed by atoms with van der Waals surface area (Å²) in [4.78, 5) is 27.8. The maximum absolute atomic E-state index is 13.2. The maximum Gasteiger partial charge on any atom is 0.237 e. The molecule has 0 unspecified atom stereocenters. The second-order valence-corrected chi connectivity index (χ2v) is 6.47. The van der Waals surface area contributed by atoms with Crippen LogP contribution in [0.5, 0.6) is 5.75 Å². The minimum atomic E-state index is -0.560. The normalized spacial score (nSPS) is 18.7. The third-order valence-corrected chi connectivity index (χ3v) is 4.93. The van der Waals surface area contributed by atoms with Crippen molar-refractivity contribution >= 4 is 17.4 Å². The van der Waals surface area contributed by atoms with Gasteiger partial charge in [0.15, 0.2) is 5.78 Å². The first-order valence-corrected chi connectivity index (χ1v) is 8.82. The van der Waals surface area contributed by atoms with Gasteiger partial charge in [0.1, 0.15) is 11.8 Å². The van der Waals surface area contributed by atoms with Crippen molar-refractivity contribution in [2.75, 3.05) is 12.0 Å². The lowest BCUT2D eigenvalue weighted by molar-refractivity contribution is -0.125. The molecule has 4 heteroatoms. The monoisotopic (exact) mass is 357 g/mol. The van der Waals surface area contributed by atoms with Gasteiger partial charge in [-0.1, -0.05) is 60.7 Å². The van der Waals surface area contributed by atoms with Crippen molar-refractivity contribution in [3.63, 3.8) is 0 Å². The van der Waals surface area contributed by atoms with E-state index >= 15 is 0 Å². The van der Waals surface area contributed by atoms with Crippen molar-refractivity contribution in [2.24, 2.45) is 0 Å². The molecule has 0 saturated carbocycles. The van der Waals surface area contributed by atoms with Crippen molar-refractivity contribution in [3.05, 3.63) is 96.1 Å². The molecule has 0 aliphatic carbocycles. The van der Waals surface area contributed by atoms with E-state index in [1.165, 1.54) is 0 Å². The lowest BCUT2D eigenvalue weighted by atomic mass is 9.77. The number of nitrogens with zero attached hydrogens (tertiary/aromatic N) is 1. The Morgan fingerprint density at radius 2 is 1.44 bits per heavy atom. The molecule has 1 aliphatic rings. The van der Waals surface area contributed by atoms with Gasteiger partial charge in [0.2, 0.25) is 5.91 Å². The molecule has 0 spiro atoms. The second kappa shape index (κ2) is 7.08. The third kappa shape index (κ3) is 2.99. The van der Waals surface area contributed by atoms with Crippen molar-refractivity contribution < 1.29 is 14.3 Å². The summed E-state index contributed by atoms with van der Waals surface area (Å²) >= 11 is 0. The molecular formula is C23H19NO3. The minimum absolute atomic E-state index is 0.0557. The number of rotatable bonds is 5. The van der Waals surface area contributed by atoms with Gasteiger partial charge in [-0.25, -0.2) is 0 Å². The van der Waals surface area contributed by atoms with Gasteiger partial charge >= 0.3 is 0 Å². The van der Waals surface area contributed by atoms with Crippen LogP contribution in [0.1, 0.15) is 21.8 Å². The average molecular weight is 357 g/mol. The fraction of sp³-hybridized carbons (Fsp3) is 0.130. The molecule has 2 atom stereocenters. The average Bonchev–Trinajstić information content (AvgIpc) is 2.73. The van der Waals surface area contributed by atoms with Crippen molar-refractivity contribution in [1.82, 2.24) is 0 Å². The SMILES string of the molecule is COc1ccc(N2C(=O)[C@H](c3ccccc3)[C@@H]2C(=O)c2ccccc2)cc1. The van der Waals surface area contributed by atoms with Crippen LogP contribution >= 0.6 is 0 Å². The van der Waals surface area contributed by atoms with Crippen LogP contribution in [0.3, 0.4) is 0 Å². The van der Waals surface area contributed by atoms with Crippen LogP contribution in [0, 0.1) is 0 Å². The third-order valence-electron chi connectivity index (χ3n) is 4.93. The van der Waals surface area contributed by atoms with Crippen LogP contribution in [0.2, 0.25) is 0 Å². The topological polar surface area (TPSA) is 46.6 Å². The molecule has 1 fully saturated rings. The van der Waals surface area contributed by atoms with Gasteiger partial charge in [-0.2, -0.15) is 0 Å². The molecule has 0 radical (unpaired) electrons. The molecule has 1 heterocycles. The van der Waals surface area contributed by atoms with Crippen LogP contribution in [0.15, 0.2) is 84.9 Å². The zero-order valence-corrected chi connectivity index (χ0v) is 14.9. The summed E-state index contributed by atoms with van der Waals surface area (Å²) in [7, 11) is 1.59. The van der Waals surface area contributed by atoms with Crippen molar-refractivity contribution in [3.8, 4) is 5.75 Å². The highest BCUT2D eigenvalue weighted by molar-refractivity contribution is 6.19. The Hall–Kier alpha value is -3.40. The van der Waals surface area contributed by atoms with E-state index in [4.69, 9.17) is 4.74 Å². The highest BCUT2D eigenvalue weighted by atomic mass is 16.5. The molecule has 3 aromatic rings. The Morgan fingerprint density at radius 3 is 2.04 bits per heavy atom. The Kier molecular flexibility index (Phi) is 4.47. The van der Waals surface area contributed by atoms with Gasteiger partial charge < -0.3 is 4.74 Å². The van der Waals surface area contributed by atoms with Crippen LogP contribution < -0.4 is 9.64 Å². The number of ether oxygens (including phenoxy) is 1. The summed E-state index contributed by atoms with van der Waals surface area (Å²) in [6.07, 6.45) is 0. The summed E-state index contributed by atoms with van der Waals surface area (Å²) in [5.74, 6) is 0.110. The number of hydrogen-bond acceptors (Lipinski definition) is 3.